The number of nitrogens with one attached hydrogen (secondary N) is 1. The molecular formula is C24H24ClF2N5O3S. The van der Waals surface area contributed by atoms with Gasteiger partial charge in [-0.25, -0.2) is 13.7 Å². The summed E-state index contributed by atoms with van der Waals surface area (Å²) in [5, 5.41) is 2.89. The van der Waals surface area contributed by atoms with E-state index in [-0.39, 0.29) is 33.8 Å². The van der Waals surface area contributed by atoms with E-state index in [0.717, 1.165) is 13.1 Å². The minimum absolute atomic E-state index is 0.0245. The number of imidazole rings is 1. The predicted octanol–water partition coefficient (Wildman–Crippen LogP) is 4.32. The third-order valence-corrected chi connectivity index (χ3v) is 7.17. The van der Waals surface area contributed by atoms with Gasteiger partial charge in [0.25, 0.3) is 11.8 Å². The summed E-state index contributed by atoms with van der Waals surface area (Å²) in [5.41, 5.74) is 0.856. The second kappa shape index (κ2) is 10.9. The second-order valence-electron chi connectivity index (χ2n) is 8.02. The highest BCUT2D eigenvalue weighted by Crippen LogP contribution is 2.30. The Morgan fingerprint density at radius 2 is 1.83 bits per heavy atom. The molecule has 0 atom stereocenters. The third-order valence-electron chi connectivity index (χ3n) is 5.98. The monoisotopic (exact) mass is 535 g/mol. The summed E-state index contributed by atoms with van der Waals surface area (Å²) in [6, 6.07) is 7.30. The van der Waals surface area contributed by atoms with E-state index in [0.29, 0.717) is 24.3 Å². The fraction of sp³-hybridized carbons (Fsp3) is 0.292. The first-order valence-corrected chi connectivity index (χ1v) is 12.5. The number of hydrogen-bond donors (Lipinski definition) is 1. The fourth-order valence-corrected chi connectivity index (χ4v) is 4.75. The first kappa shape index (κ1) is 25.9. The number of nitrogens with zero attached hydrogens (tertiary/aromatic N) is 4. The Bertz CT molecular complexity index is 1310. The number of benzene rings is 2. The summed E-state index contributed by atoms with van der Waals surface area (Å²) in [7, 11) is 2.76. The number of carbonyl (C=O) groups is 2. The zero-order valence-corrected chi connectivity index (χ0v) is 21.4. The molecule has 0 unspecified atom stereocenters. The Morgan fingerprint density at radius 3 is 2.47 bits per heavy atom. The molecular weight excluding hydrogens is 512 g/mol. The largest absolute Gasteiger partial charge is 0.494 e. The molecule has 4 rings (SSSR count). The van der Waals surface area contributed by atoms with Gasteiger partial charge in [0.05, 0.1) is 29.6 Å². The molecule has 2 heterocycles. The molecule has 0 radical (unpaired) electrons. The van der Waals surface area contributed by atoms with Crippen molar-refractivity contribution in [3.05, 3.63) is 64.6 Å². The van der Waals surface area contributed by atoms with Crippen LogP contribution in [0.3, 0.4) is 0 Å². The van der Waals surface area contributed by atoms with Crippen molar-refractivity contribution in [1.82, 2.24) is 18.8 Å². The number of rotatable bonds is 6. The van der Waals surface area contributed by atoms with E-state index >= 15 is 0 Å². The van der Waals surface area contributed by atoms with Crippen LogP contribution in [-0.2, 0) is 7.05 Å². The van der Waals surface area contributed by atoms with Crippen LogP contribution >= 0.6 is 23.5 Å². The van der Waals surface area contributed by atoms with E-state index in [2.05, 4.69) is 14.6 Å². The second-order valence-corrected chi connectivity index (χ2v) is 9.31. The number of piperazine rings is 1. The molecule has 1 aliphatic rings. The molecule has 1 aliphatic heterocycles. The summed E-state index contributed by atoms with van der Waals surface area (Å²) in [4.78, 5) is 31.6. The van der Waals surface area contributed by atoms with Crippen molar-refractivity contribution in [3.8, 4) is 17.0 Å². The lowest BCUT2D eigenvalue weighted by atomic mass is 10.1. The quantitative estimate of drug-likeness (QED) is 0.474. The molecule has 8 nitrogen and oxygen atoms in total. The Labute approximate surface area is 216 Å². The van der Waals surface area contributed by atoms with Gasteiger partial charge in [-0.15, -0.1) is 0 Å². The minimum atomic E-state index is -1.13. The summed E-state index contributed by atoms with van der Waals surface area (Å²) < 4.78 is 37.0. The van der Waals surface area contributed by atoms with Gasteiger partial charge in [-0.3, -0.25) is 9.59 Å². The fourth-order valence-electron chi connectivity index (χ4n) is 3.96. The number of carbonyl (C=O) groups excluding carboxylic acids is 2. The number of methoxy groups -OCH3 is 1. The average molecular weight is 536 g/mol. The first-order chi connectivity index (χ1) is 17.2. The van der Waals surface area contributed by atoms with Crippen molar-refractivity contribution >= 4 is 41.1 Å². The van der Waals surface area contributed by atoms with Crippen molar-refractivity contribution in [2.24, 2.45) is 7.05 Å². The normalized spacial score (nSPS) is 14.1. The van der Waals surface area contributed by atoms with E-state index in [9.17, 15) is 18.4 Å². The molecule has 1 saturated heterocycles. The minimum Gasteiger partial charge on any atom is -0.494 e. The topological polar surface area (TPSA) is 79.7 Å². The van der Waals surface area contributed by atoms with Gasteiger partial charge >= 0.3 is 0 Å². The number of halogens is 3. The van der Waals surface area contributed by atoms with E-state index < -0.39 is 17.5 Å². The van der Waals surface area contributed by atoms with Crippen LogP contribution in [0.15, 0.2) is 36.5 Å². The Hall–Kier alpha value is -3.15. The highest BCUT2D eigenvalue weighted by Gasteiger charge is 2.24. The predicted molar refractivity (Wildman–Crippen MR) is 136 cm³/mol. The Morgan fingerprint density at radius 1 is 1.11 bits per heavy atom. The Kier molecular flexibility index (Phi) is 7.82. The summed E-state index contributed by atoms with van der Waals surface area (Å²) in [6.07, 6.45) is 3.29. The molecule has 0 spiro atoms. The molecule has 1 aromatic heterocycles. The lowest BCUT2D eigenvalue weighted by molar-refractivity contribution is 0.0704. The molecule has 0 aliphatic carbocycles. The molecule has 12 heteroatoms. The molecule has 36 heavy (non-hydrogen) atoms. The first-order valence-electron chi connectivity index (χ1n) is 11.0. The highest BCUT2D eigenvalue weighted by molar-refractivity contribution is 7.96. The number of ether oxygens (including phenoxy) is 1. The molecule has 0 saturated carbocycles. The van der Waals surface area contributed by atoms with Gasteiger partial charge in [-0.05, 0) is 36.6 Å². The number of anilines is 1. The maximum absolute atomic E-state index is 14.5. The molecule has 0 bridgehead atoms. The molecule has 2 amide bonds. The van der Waals surface area contributed by atoms with Crippen LogP contribution in [0.4, 0.5) is 14.5 Å². The van der Waals surface area contributed by atoms with Crippen molar-refractivity contribution in [2.45, 2.75) is 0 Å². The van der Waals surface area contributed by atoms with Gasteiger partial charge in [-0.1, -0.05) is 23.5 Å². The average Bonchev–Trinajstić information content (AvgIpc) is 3.26. The lowest BCUT2D eigenvalue weighted by Gasteiger charge is -2.33. The van der Waals surface area contributed by atoms with Gasteiger partial charge in [0, 0.05) is 44.5 Å². The molecule has 3 aromatic rings. The smallest absolute Gasteiger partial charge is 0.291 e. The van der Waals surface area contributed by atoms with Crippen molar-refractivity contribution < 1.29 is 23.1 Å². The van der Waals surface area contributed by atoms with Gasteiger partial charge in [0.1, 0.15) is 0 Å². The van der Waals surface area contributed by atoms with Crippen LogP contribution in [0.5, 0.6) is 5.75 Å². The van der Waals surface area contributed by atoms with Crippen LogP contribution in [0.1, 0.15) is 21.0 Å². The SMILES string of the molecule is COc1ccc(-c2cnc(C(=O)Nc3ccc(C(=O)N4CCN(SC)CC4)c(Cl)c3)n2C)c(F)c1F. The van der Waals surface area contributed by atoms with Crippen molar-refractivity contribution in [3.63, 3.8) is 0 Å². The van der Waals surface area contributed by atoms with Gasteiger partial charge in [0.15, 0.2) is 17.4 Å². The van der Waals surface area contributed by atoms with Crippen LogP contribution < -0.4 is 10.1 Å². The number of amides is 2. The zero-order valence-electron chi connectivity index (χ0n) is 19.8. The van der Waals surface area contributed by atoms with Crippen molar-refractivity contribution in [2.75, 3.05) is 44.9 Å². The standard InChI is InChI=1S/C24H24ClF2N5O3S/c1-30-18(16-6-7-19(35-2)21(27)20(16)26)13-28-22(30)23(33)29-14-4-5-15(17(25)12-14)24(34)31-8-10-32(36-3)11-9-31/h4-7,12-13H,8-11H2,1-3H3,(H,29,33). The Balaban J connectivity index is 1.49. The maximum Gasteiger partial charge on any atom is 0.291 e. The van der Waals surface area contributed by atoms with E-state index in [1.54, 1.807) is 29.0 Å². The molecule has 1 N–H and O–H groups in total. The van der Waals surface area contributed by atoms with E-state index in [1.807, 2.05) is 6.26 Å². The van der Waals surface area contributed by atoms with E-state index in [1.165, 1.54) is 43.1 Å². The molecule has 190 valence electrons. The van der Waals surface area contributed by atoms with Gasteiger partial charge in [-0.2, -0.15) is 4.39 Å². The van der Waals surface area contributed by atoms with Gasteiger partial charge < -0.3 is 19.5 Å². The maximum atomic E-state index is 14.5. The number of hydrogen-bond acceptors (Lipinski definition) is 6. The van der Waals surface area contributed by atoms with Crippen LogP contribution in [0.2, 0.25) is 5.02 Å². The molecule has 1 fully saturated rings. The van der Waals surface area contributed by atoms with E-state index in [4.69, 9.17) is 16.3 Å². The summed E-state index contributed by atoms with van der Waals surface area (Å²) >= 11 is 8.03. The summed E-state index contributed by atoms with van der Waals surface area (Å²) in [5.74, 6) is -3.23. The number of aromatic nitrogens is 2. The van der Waals surface area contributed by atoms with Crippen molar-refractivity contribution in [1.29, 1.82) is 0 Å². The van der Waals surface area contributed by atoms with Crippen LogP contribution in [0.25, 0.3) is 11.3 Å². The zero-order chi connectivity index (χ0) is 26.0. The lowest BCUT2D eigenvalue weighted by Crippen LogP contribution is -2.46. The van der Waals surface area contributed by atoms with Crippen LogP contribution in [-0.4, -0.2) is 70.1 Å². The molecule has 2 aromatic carbocycles. The highest BCUT2D eigenvalue weighted by atomic mass is 35.5. The summed E-state index contributed by atoms with van der Waals surface area (Å²) in [6.45, 7) is 2.76. The third kappa shape index (κ3) is 5.04. The van der Waals surface area contributed by atoms with Gasteiger partial charge in [0.2, 0.25) is 5.82 Å². The van der Waals surface area contributed by atoms with Crippen LogP contribution in [0, 0.1) is 11.6 Å².